The summed E-state index contributed by atoms with van der Waals surface area (Å²) < 4.78 is 7.95. The molecule has 0 atom stereocenters. The normalized spacial score (nSPS) is 13.3. The number of H-pyrrole nitrogens is 1. The van der Waals surface area contributed by atoms with Gasteiger partial charge in [0.1, 0.15) is 5.58 Å². The molecule has 20 rings (SSSR count). The van der Waals surface area contributed by atoms with E-state index >= 15 is 0 Å². The minimum atomic E-state index is -0.475. The largest absolute Gasteiger partial charge is 0.468 e. The van der Waals surface area contributed by atoms with Crippen molar-refractivity contribution in [1.82, 2.24) is 4.98 Å². The van der Waals surface area contributed by atoms with Crippen molar-refractivity contribution in [2.75, 3.05) is 29.4 Å². The van der Waals surface area contributed by atoms with Crippen molar-refractivity contribution in [3.8, 4) is 11.1 Å². The lowest BCUT2D eigenvalue weighted by molar-refractivity contribution is 0.590. The first-order valence-electron chi connectivity index (χ1n) is 37.0. The van der Waals surface area contributed by atoms with Gasteiger partial charge in [-0.1, -0.05) is 230 Å². The summed E-state index contributed by atoms with van der Waals surface area (Å²) in [6, 6.07) is 126. The Morgan fingerprint density at radius 1 is 0.302 bits per heavy atom. The third-order valence-electron chi connectivity index (χ3n) is 22.1. The molecule has 1 N–H and O–H groups in total. The number of fused-ring (bicyclic) bond motifs is 12. The van der Waals surface area contributed by atoms with Gasteiger partial charge in [0.2, 0.25) is 0 Å². The fourth-order valence-corrected chi connectivity index (χ4v) is 17.4. The maximum Gasteiger partial charge on any atom is 0.297 e. The smallest absolute Gasteiger partial charge is 0.297 e. The maximum absolute atomic E-state index is 7.95. The molecule has 0 unspecified atom stereocenters. The molecule has 0 aliphatic carbocycles. The monoisotopic (exact) mass is 1360 g/mol. The van der Waals surface area contributed by atoms with Crippen LogP contribution in [0.2, 0.25) is 0 Å². The summed E-state index contributed by atoms with van der Waals surface area (Å²) in [6.45, 7) is 13.1. The van der Waals surface area contributed by atoms with E-state index in [2.05, 4.69) is 416 Å². The Kier molecular flexibility index (Phi) is 14.4. The molecule has 0 spiro atoms. The van der Waals surface area contributed by atoms with Crippen molar-refractivity contribution >= 4 is 171 Å². The molecule has 106 heavy (non-hydrogen) atoms. The van der Waals surface area contributed by atoms with Gasteiger partial charge in [0, 0.05) is 102 Å². The average molecular weight is 1360 g/mol. The Labute approximate surface area is 620 Å². The molecule has 0 saturated carbocycles. The summed E-state index contributed by atoms with van der Waals surface area (Å²) in [4.78, 5) is 19.5. The molecule has 0 saturated heterocycles. The van der Waals surface area contributed by atoms with Crippen molar-refractivity contribution in [3.63, 3.8) is 0 Å². The summed E-state index contributed by atoms with van der Waals surface area (Å²) in [5.41, 5.74) is 32.0. The van der Waals surface area contributed by atoms with E-state index in [9.17, 15) is 0 Å². The number of nitrogens with zero attached hydrogens (tertiary/aromatic N) is 6. The van der Waals surface area contributed by atoms with Gasteiger partial charge in [-0.05, 0) is 207 Å². The predicted octanol–water partition coefficient (Wildman–Crippen LogP) is 22.3. The minimum absolute atomic E-state index is 0.149. The molecule has 4 aliphatic heterocycles. The van der Waals surface area contributed by atoms with Crippen LogP contribution >= 0.6 is 0 Å². The third-order valence-corrected chi connectivity index (χ3v) is 22.1. The van der Waals surface area contributed by atoms with Crippen LogP contribution in [0.15, 0.2) is 344 Å². The van der Waals surface area contributed by atoms with Crippen LogP contribution in [0.1, 0.15) is 52.7 Å². The minimum Gasteiger partial charge on any atom is -0.468 e. The summed E-state index contributed by atoms with van der Waals surface area (Å²) >= 11 is 0. The number of anilines is 18. The molecule has 0 fully saturated rings. The van der Waals surface area contributed by atoms with Gasteiger partial charge in [-0.15, -0.1) is 0 Å². The Bertz CT molecular complexity index is 5640. The number of benzene rings is 14. The van der Waals surface area contributed by atoms with Gasteiger partial charge in [-0.25, -0.2) is 0 Å². The van der Waals surface area contributed by atoms with Crippen LogP contribution in [0, 0.1) is 0 Å². The zero-order valence-corrected chi connectivity index (χ0v) is 60.1. The molecule has 8 nitrogen and oxygen atoms in total. The highest BCUT2D eigenvalue weighted by molar-refractivity contribution is 7.04. The van der Waals surface area contributed by atoms with Gasteiger partial charge in [0.25, 0.3) is 13.4 Å². The second-order valence-electron chi connectivity index (χ2n) is 30.5. The van der Waals surface area contributed by atoms with E-state index in [1.54, 1.807) is 0 Å². The number of hydrogen-bond acceptors (Lipinski definition) is 7. The number of furan rings is 1. The van der Waals surface area contributed by atoms with E-state index in [4.69, 9.17) is 4.42 Å². The molecule has 0 bridgehead atoms. The molecule has 6 heterocycles. The molecule has 2 aromatic heterocycles. The van der Waals surface area contributed by atoms with Crippen LogP contribution in [-0.2, 0) is 10.8 Å². The number of aromatic nitrogens is 1. The van der Waals surface area contributed by atoms with Crippen LogP contribution in [0.5, 0.6) is 0 Å². The summed E-state index contributed by atoms with van der Waals surface area (Å²) in [6.07, 6.45) is 0. The number of rotatable bonds is 11. The highest BCUT2D eigenvalue weighted by Crippen LogP contribution is 2.55. The van der Waals surface area contributed by atoms with E-state index in [-0.39, 0.29) is 17.5 Å². The zero-order valence-electron chi connectivity index (χ0n) is 60.1. The molecule has 4 aliphatic rings. The van der Waals surface area contributed by atoms with Crippen LogP contribution in [0.4, 0.5) is 102 Å². The number of aromatic amines is 1. The summed E-state index contributed by atoms with van der Waals surface area (Å²) in [5.74, 6) is 0. The van der Waals surface area contributed by atoms with Crippen molar-refractivity contribution < 1.29 is 4.42 Å². The fraction of sp³-hybridized carbons (Fsp3) is 0.0833. The van der Waals surface area contributed by atoms with Crippen LogP contribution < -0.4 is 62.5 Å². The molecular weight excluding hydrogens is 1290 g/mol. The number of hydrogen-bond donors (Lipinski definition) is 1. The van der Waals surface area contributed by atoms with E-state index in [0.29, 0.717) is 0 Å². The predicted molar refractivity (Wildman–Crippen MR) is 448 cm³/mol. The van der Waals surface area contributed by atoms with Gasteiger partial charge >= 0.3 is 0 Å². The second-order valence-corrected chi connectivity index (χ2v) is 30.5. The quantitative estimate of drug-likeness (QED) is 0.130. The average Bonchev–Trinajstić information content (AvgIpc) is 1.13. The van der Waals surface area contributed by atoms with Gasteiger partial charge in [-0.3, -0.25) is 0 Å². The molecule has 0 amide bonds. The maximum atomic E-state index is 7.95. The van der Waals surface area contributed by atoms with Crippen molar-refractivity contribution in [1.29, 1.82) is 0 Å². The van der Waals surface area contributed by atoms with E-state index in [1.165, 1.54) is 22.1 Å². The molecular formula is C96H75B2N7O. The van der Waals surface area contributed by atoms with Gasteiger partial charge in [0.05, 0.1) is 28.4 Å². The first-order valence-corrected chi connectivity index (χ1v) is 37.0. The summed E-state index contributed by atoms with van der Waals surface area (Å²) in [5, 5.41) is 2.23. The van der Waals surface area contributed by atoms with Gasteiger partial charge < -0.3 is 38.8 Å². The molecule has 506 valence electrons. The van der Waals surface area contributed by atoms with Crippen molar-refractivity contribution in [3.05, 3.63) is 351 Å². The molecule has 14 aromatic carbocycles. The number of nitrogens with one attached hydrogen (secondary N) is 1. The lowest BCUT2D eigenvalue weighted by Gasteiger charge is -2.48. The van der Waals surface area contributed by atoms with Gasteiger partial charge in [0.15, 0.2) is 0 Å². The Hall–Kier alpha value is -12.9. The first-order chi connectivity index (χ1) is 51.9. The van der Waals surface area contributed by atoms with Crippen LogP contribution in [0.3, 0.4) is 0 Å². The first kappa shape index (κ1) is 62.8. The highest BCUT2D eigenvalue weighted by atomic mass is 16.3. The standard InChI is InChI=1S/C96H75B2N7O/c1-95(2,3)64-52-54-78-76(56-64)91-93(99-78)97-87-79(58-74(60-81(87)104(91)72-48-30-14-31-49-72)100(66-36-18-8-19-37-66)67-38-20-9-21-39-67)102(70-44-26-12-27-45-70)83-62-84-90(86(89(83)97)63-34-16-7-17-35-63)98-88-80(103(84)71-46-28-13-29-47-71)59-75(101(68-40-22-10-23-41-68)69-42-24-11-25-43-69)61-82(88)105(73-50-32-15-33-51-73)92-77-57-65(96(4,5)6)53-55-85(77)106-94(92)98/h7-62,99H,1-6H3. The molecule has 0 radical (unpaired) electrons. The molecule has 16 aromatic rings. The Balaban J connectivity index is 0.991. The summed E-state index contributed by atoms with van der Waals surface area (Å²) in [7, 11) is 0. The number of para-hydroxylation sites is 8. The van der Waals surface area contributed by atoms with Crippen molar-refractivity contribution in [2.24, 2.45) is 0 Å². The fourth-order valence-electron chi connectivity index (χ4n) is 17.4. The zero-order chi connectivity index (χ0) is 71.1. The SMILES string of the molecule is CC(C)(C)c1ccc2[nH]c3c(c2c1)N(c1ccccc1)c1cc(N(c2ccccc2)c2ccccc2)cc2c1B3c1c(cc3c(c1-c1ccccc1)B1c4oc5ccc(C(C)(C)C)cc5c4N(c4ccccc4)c4cc(N(c5ccccc5)c5ccccc5)cc(c41)N3c1ccccc1)N2c1ccccc1. The van der Waals surface area contributed by atoms with E-state index in [1.807, 2.05) is 0 Å². The van der Waals surface area contributed by atoms with Gasteiger partial charge in [-0.2, -0.15) is 0 Å². The van der Waals surface area contributed by atoms with Crippen molar-refractivity contribution in [2.45, 2.75) is 52.4 Å². The van der Waals surface area contributed by atoms with E-state index in [0.717, 1.165) is 158 Å². The third kappa shape index (κ3) is 9.91. The Morgan fingerprint density at radius 3 is 1.07 bits per heavy atom. The highest BCUT2D eigenvalue weighted by Gasteiger charge is 2.53. The lowest BCUT2D eigenvalue weighted by atomic mass is 9.30. The lowest BCUT2D eigenvalue weighted by Crippen LogP contribution is -2.66. The molecule has 10 heteroatoms. The van der Waals surface area contributed by atoms with Crippen LogP contribution in [-0.4, -0.2) is 18.4 Å². The van der Waals surface area contributed by atoms with Crippen LogP contribution in [0.25, 0.3) is 33.0 Å². The Morgan fingerprint density at radius 2 is 0.642 bits per heavy atom. The van der Waals surface area contributed by atoms with E-state index < -0.39 is 6.71 Å². The topological polar surface area (TPSA) is 48.4 Å². The second kappa shape index (κ2) is 24.4.